The number of carbonyl (C=O) groups excluding carboxylic acids is 2. The van der Waals surface area contributed by atoms with Gasteiger partial charge in [-0.15, -0.1) is 11.8 Å². The molecule has 0 aromatic heterocycles. The second kappa shape index (κ2) is 8.81. The van der Waals surface area contributed by atoms with Gasteiger partial charge in [-0.05, 0) is 29.7 Å². The van der Waals surface area contributed by atoms with Gasteiger partial charge in [0.1, 0.15) is 29.5 Å². The zero-order chi connectivity index (χ0) is 21.3. The highest BCUT2D eigenvalue weighted by molar-refractivity contribution is 8.00. The lowest BCUT2D eigenvalue weighted by Crippen LogP contribution is -2.68. The van der Waals surface area contributed by atoms with Crippen LogP contribution < -0.4 is 10.5 Å². The number of amides is 1. The van der Waals surface area contributed by atoms with Crippen LogP contribution in [0.4, 0.5) is 0 Å². The Morgan fingerprint density at radius 1 is 1.37 bits per heavy atom. The summed E-state index contributed by atoms with van der Waals surface area (Å²) in [4.78, 5) is 32.5. The van der Waals surface area contributed by atoms with E-state index in [1.807, 2.05) is 31.3 Å². The van der Waals surface area contributed by atoms with Crippen molar-refractivity contribution < 1.29 is 23.9 Å². The van der Waals surface area contributed by atoms with Gasteiger partial charge < -0.3 is 15.2 Å². The monoisotopic (exact) mass is 431 g/mol. The minimum atomic E-state index is -0.586. The van der Waals surface area contributed by atoms with Crippen molar-refractivity contribution in [3.8, 4) is 5.75 Å². The Morgan fingerprint density at radius 2 is 2.13 bits per heavy atom. The molecule has 0 aliphatic carbocycles. The van der Waals surface area contributed by atoms with Gasteiger partial charge in [-0.3, -0.25) is 14.5 Å². The van der Waals surface area contributed by atoms with Crippen LogP contribution in [0.25, 0.3) is 0 Å². The predicted octanol–water partition coefficient (Wildman–Crippen LogP) is 1.43. The van der Waals surface area contributed by atoms with E-state index in [1.165, 1.54) is 4.90 Å². The number of hydroxylamine groups is 2. The van der Waals surface area contributed by atoms with Crippen molar-refractivity contribution in [1.29, 1.82) is 0 Å². The molecule has 160 valence electrons. The molecule has 3 heterocycles. The Balaban J connectivity index is 1.52. The van der Waals surface area contributed by atoms with Gasteiger partial charge in [-0.2, -0.15) is 5.06 Å². The molecule has 0 spiro atoms. The first kappa shape index (κ1) is 20.9. The van der Waals surface area contributed by atoms with Gasteiger partial charge >= 0.3 is 5.97 Å². The summed E-state index contributed by atoms with van der Waals surface area (Å²) in [6.07, 6.45) is 4.63. The third-order valence-electron chi connectivity index (χ3n) is 5.32. The SMILES string of the molecule is COc1ccc(COC(=O)C2=C(/C=C/C3CCN(C)O3)CS[C@@H]3[C@H](N)C(=O)N23)cc1. The molecule has 30 heavy (non-hydrogen) atoms. The van der Waals surface area contributed by atoms with Crippen molar-refractivity contribution in [2.24, 2.45) is 5.73 Å². The molecule has 2 fully saturated rings. The van der Waals surface area contributed by atoms with E-state index in [0.717, 1.165) is 29.9 Å². The highest BCUT2D eigenvalue weighted by Crippen LogP contribution is 2.40. The van der Waals surface area contributed by atoms with Crippen LogP contribution in [-0.2, 0) is 25.8 Å². The normalized spacial score (nSPS) is 26.7. The Morgan fingerprint density at radius 3 is 2.80 bits per heavy atom. The molecule has 3 aliphatic rings. The summed E-state index contributed by atoms with van der Waals surface area (Å²) in [7, 11) is 3.48. The van der Waals surface area contributed by atoms with E-state index in [-0.39, 0.29) is 29.7 Å². The number of nitrogens with zero attached hydrogens (tertiary/aromatic N) is 2. The molecule has 3 aliphatic heterocycles. The number of ether oxygens (including phenoxy) is 2. The van der Waals surface area contributed by atoms with Crippen LogP contribution in [0.5, 0.6) is 5.75 Å². The van der Waals surface area contributed by atoms with Crippen molar-refractivity contribution in [2.45, 2.75) is 30.5 Å². The van der Waals surface area contributed by atoms with Gasteiger partial charge in [-0.25, -0.2) is 4.79 Å². The first-order valence-electron chi connectivity index (χ1n) is 9.77. The lowest BCUT2D eigenvalue weighted by molar-refractivity contribution is -0.151. The van der Waals surface area contributed by atoms with E-state index in [1.54, 1.807) is 36.1 Å². The summed E-state index contributed by atoms with van der Waals surface area (Å²) in [5.41, 5.74) is 7.78. The molecule has 8 nitrogen and oxygen atoms in total. The molecule has 4 rings (SSSR count). The molecule has 1 aromatic carbocycles. The maximum absolute atomic E-state index is 13.0. The first-order valence-corrected chi connectivity index (χ1v) is 10.8. The Labute approximate surface area is 179 Å². The standard InChI is InChI=1S/C21H25N3O5S/c1-23-10-9-16(29-23)8-5-14-12-30-20-17(22)19(25)24(20)18(14)21(26)28-11-13-3-6-15(27-2)7-4-13/h3-8,16-17,20H,9-12,22H2,1-2H3/b8-5+/t16?,17-,20-/m1/s1. The minimum Gasteiger partial charge on any atom is -0.497 e. The van der Waals surface area contributed by atoms with Crippen molar-refractivity contribution in [3.63, 3.8) is 0 Å². The van der Waals surface area contributed by atoms with Crippen LogP contribution in [0.2, 0.25) is 0 Å². The molecular weight excluding hydrogens is 406 g/mol. The fraction of sp³-hybridized carbons (Fsp3) is 0.429. The number of hydrogen-bond donors (Lipinski definition) is 1. The lowest BCUT2D eigenvalue weighted by Gasteiger charge is -2.48. The molecule has 1 amide bonds. The third kappa shape index (κ3) is 4.11. The Bertz CT molecular complexity index is 885. The van der Waals surface area contributed by atoms with Crippen LogP contribution >= 0.6 is 11.8 Å². The summed E-state index contributed by atoms with van der Waals surface area (Å²) < 4.78 is 10.7. The second-order valence-corrected chi connectivity index (χ2v) is 8.48. The second-order valence-electron chi connectivity index (χ2n) is 7.38. The lowest BCUT2D eigenvalue weighted by atomic mass is 10.0. The van der Waals surface area contributed by atoms with Gasteiger partial charge in [0.15, 0.2) is 0 Å². The molecule has 2 N–H and O–H groups in total. The maximum Gasteiger partial charge on any atom is 0.355 e. The number of allylic oxidation sites excluding steroid dienone is 1. The van der Waals surface area contributed by atoms with Gasteiger partial charge in [0.05, 0.1) is 13.2 Å². The Hall–Kier alpha value is -2.33. The van der Waals surface area contributed by atoms with Gasteiger partial charge in [0.25, 0.3) is 0 Å². The quantitative estimate of drug-likeness (QED) is 0.534. The molecule has 0 bridgehead atoms. The number of benzene rings is 1. The molecule has 0 saturated carbocycles. The average Bonchev–Trinajstić information content (AvgIpc) is 3.20. The van der Waals surface area contributed by atoms with Crippen LogP contribution in [0.1, 0.15) is 12.0 Å². The number of β-lactam (4-membered cyclic amide) rings is 1. The number of nitrogens with two attached hydrogens (primary N) is 1. The molecule has 9 heteroatoms. The van der Waals surface area contributed by atoms with E-state index in [2.05, 4.69) is 0 Å². The fourth-order valence-corrected chi connectivity index (χ4v) is 4.86. The van der Waals surface area contributed by atoms with E-state index in [0.29, 0.717) is 5.75 Å². The predicted molar refractivity (Wildman–Crippen MR) is 112 cm³/mol. The number of thioether (sulfide) groups is 1. The first-order chi connectivity index (χ1) is 14.5. The zero-order valence-electron chi connectivity index (χ0n) is 16.9. The van der Waals surface area contributed by atoms with Crippen LogP contribution in [-0.4, -0.2) is 65.8 Å². The highest BCUT2D eigenvalue weighted by atomic mass is 32.2. The van der Waals surface area contributed by atoms with E-state index >= 15 is 0 Å². The zero-order valence-corrected chi connectivity index (χ0v) is 17.8. The van der Waals surface area contributed by atoms with E-state index in [9.17, 15) is 9.59 Å². The molecule has 1 aromatic rings. The number of esters is 1. The third-order valence-corrected chi connectivity index (χ3v) is 6.64. The largest absolute Gasteiger partial charge is 0.497 e. The molecule has 2 saturated heterocycles. The molecule has 3 atom stereocenters. The van der Waals surface area contributed by atoms with Gasteiger partial charge in [-0.1, -0.05) is 24.3 Å². The van der Waals surface area contributed by atoms with Gasteiger partial charge in [0.2, 0.25) is 5.91 Å². The van der Waals surface area contributed by atoms with Crippen molar-refractivity contribution in [2.75, 3.05) is 26.5 Å². The molecule has 1 unspecified atom stereocenters. The minimum absolute atomic E-state index is 0.0452. The van der Waals surface area contributed by atoms with Crippen LogP contribution in [0, 0.1) is 0 Å². The van der Waals surface area contributed by atoms with Crippen LogP contribution in [0.3, 0.4) is 0 Å². The molecule has 0 radical (unpaired) electrons. The highest BCUT2D eigenvalue weighted by Gasteiger charge is 2.51. The topological polar surface area (TPSA) is 94.3 Å². The Kier molecular flexibility index (Phi) is 6.14. The average molecular weight is 432 g/mol. The molecular formula is C21H25N3O5S. The number of rotatable bonds is 6. The number of carbonyl (C=O) groups is 2. The number of hydrogen-bond acceptors (Lipinski definition) is 8. The summed E-state index contributed by atoms with van der Waals surface area (Å²) in [5, 5.41) is 1.56. The smallest absolute Gasteiger partial charge is 0.355 e. The number of methoxy groups -OCH3 is 1. The summed E-state index contributed by atoms with van der Waals surface area (Å²) in [6.45, 7) is 0.951. The summed E-state index contributed by atoms with van der Waals surface area (Å²) >= 11 is 1.55. The van der Waals surface area contributed by atoms with Crippen molar-refractivity contribution in [3.05, 3.63) is 53.3 Å². The van der Waals surface area contributed by atoms with Crippen LogP contribution in [0.15, 0.2) is 47.7 Å². The summed E-state index contributed by atoms with van der Waals surface area (Å²) in [6, 6.07) is 6.69. The fourth-order valence-electron chi connectivity index (χ4n) is 3.60. The number of fused-ring (bicyclic) bond motifs is 1. The van der Waals surface area contributed by atoms with Gasteiger partial charge in [0, 0.05) is 19.3 Å². The van der Waals surface area contributed by atoms with Crippen molar-refractivity contribution >= 4 is 23.6 Å². The van der Waals surface area contributed by atoms with E-state index in [4.69, 9.17) is 20.0 Å². The van der Waals surface area contributed by atoms with Crippen molar-refractivity contribution in [1.82, 2.24) is 9.96 Å². The maximum atomic E-state index is 13.0. The summed E-state index contributed by atoms with van der Waals surface area (Å²) in [5.74, 6) is 0.521. The van der Waals surface area contributed by atoms with E-state index < -0.39 is 12.0 Å².